The molecule has 2 fully saturated rings. The van der Waals surface area contributed by atoms with Gasteiger partial charge in [0.1, 0.15) is 0 Å². The van der Waals surface area contributed by atoms with E-state index in [9.17, 15) is 26.3 Å². The summed E-state index contributed by atoms with van der Waals surface area (Å²) in [5, 5.41) is 19.0. The molecule has 0 saturated heterocycles. The van der Waals surface area contributed by atoms with Crippen LogP contribution in [0.3, 0.4) is 0 Å². The molecule has 0 radical (unpaired) electrons. The summed E-state index contributed by atoms with van der Waals surface area (Å²) in [4.78, 5) is 0. The molecule has 0 amide bonds. The summed E-state index contributed by atoms with van der Waals surface area (Å²) in [6.07, 6.45) is -5.25. The van der Waals surface area contributed by atoms with Gasteiger partial charge in [-0.25, -0.2) is 0 Å². The summed E-state index contributed by atoms with van der Waals surface area (Å²) in [6.45, 7) is 1.43. The van der Waals surface area contributed by atoms with Crippen LogP contribution in [0.2, 0.25) is 0 Å². The quantitative estimate of drug-likeness (QED) is 0.550. The number of aromatic nitrogens is 4. The number of H-pyrrole nitrogens is 2. The lowest BCUT2D eigenvalue weighted by atomic mass is 10.1. The Morgan fingerprint density at radius 3 is 1.47 bits per heavy atom. The van der Waals surface area contributed by atoms with Crippen molar-refractivity contribution in [1.82, 2.24) is 20.4 Å². The molecule has 0 spiro atoms. The van der Waals surface area contributed by atoms with Gasteiger partial charge in [-0.3, -0.25) is 10.2 Å². The third kappa shape index (κ3) is 3.79. The molecule has 164 valence electrons. The van der Waals surface area contributed by atoms with Crippen molar-refractivity contribution >= 4 is 0 Å². The smallest absolute Gasteiger partial charge is 0.282 e. The first-order valence-corrected chi connectivity index (χ1v) is 9.15. The minimum Gasteiger partial charge on any atom is -0.282 e. The van der Waals surface area contributed by atoms with E-state index in [1.807, 2.05) is 0 Å². The fourth-order valence-electron chi connectivity index (χ4n) is 4.49. The molecule has 2 unspecified atom stereocenters. The van der Waals surface area contributed by atoms with Gasteiger partial charge in [-0.05, 0) is 49.4 Å². The Labute approximate surface area is 168 Å². The summed E-state index contributed by atoms with van der Waals surface area (Å²) in [5.41, 5.74) is 0.914. The van der Waals surface area contributed by atoms with Gasteiger partial charge in [0.15, 0.2) is 11.4 Å². The molecule has 30 heavy (non-hydrogen) atoms. The number of nitrogens with zero attached hydrogens (tertiary/aromatic N) is 3. The number of nitrogens with one attached hydrogen (secondary N) is 2. The van der Waals surface area contributed by atoms with Crippen LogP contribution in [0, 0.1) is 23.2 Å². The molecule has 0 bridgehead atoms. The normalized spacial score (nSPS) is 26.3. The van der Waals surface area contributed by atoms with Crippen LogP contribution >= 0.6 is 0 Å². The zero-order chi connectivity index (χ0) is 21.1. The number of hydrogen-bond donors (Lipinski definition) is 2. The van der Waals surface area contributed by atoms with Crippen LogP contribution in [0.5, 0.6) is 0 Å². The molecular weight excluding hydrogens is 412 g/mol. The Balaban J connectivity index is 0.000000147. The maximum absolute atomic E-state index is 12.4. The van der Waals surface area contributed by atoms with Crippen molar-refractivity contribution in [1.29, 1.82) is 5.26 Å². The number of fused-ring (bicyclic) bond motifs is 6. The van der Waals surface area contributed by atoms with Crippen molar-refractivity contribution in [3.05, 3.63) is 33.9 Å². The molecule has 2 heterocycles. The number of halogens is 6. The standard InChI is InChI=1S/2C8H7F3N2.C2H3N.CH4/c2*9-8(10,11)7-6-4-1-3(4)2-5(6)12-13-7;1-2-3;/h2*3-4H,1-2H2,(H,12,13);1H3;1H4/t3-,4-;;;/m0.../s1. The van der Waals surface area contributed by atoms with Gasteiger partial charge in [0.25, 0.3) is 0 Å². The summed E-state index contributed by atoms with van der Waals surface area (Å²) in [7, 11) is 0. The van der Waals surface area contributed by atoms with Crippen LogP contribution in [-0.2, 0) is 25.2 Å². The SMILES string of the molecule is C.CC#N.FC(F)(F)c1n[nH]c2c1C1CC1C2.FC(F)(F)c1n[nH]c2c1[C@H]1C[C@H]1C2. The van der Waals surface area contributed by atoms with Crippen molar-refractivity contribution in [2.45, 2.75) is 64.2 Å². The second-order valence-electron chi connectivity index (χ2n) is 7.76. The van der Waals surface area contributed by atoms with Crippen LogP contribution in [0.4, 0.5) is 26.3 Å². The fraction of sp³-hybridized carbons (Fsp3) is 0.632. The lowest BCUT2D eigenvalue weighted by Crippen LogP contribution is -2.08. The monoisotopic (exact) mass is 433 g/mol. The molecule has 4 aliphatic carbocycles. The summed E-state index contributed by atoms with van der Waals surface area (Å²) in [5.74, 6) is 1.21. The highest BCUT2D eigenvalue weighted by atomic mass is 19.4. The van der Waals surface area contributed by atoms with Gasteiger partial charge >= 0.3 is 12.4 Å². The van der Waals surface area contributed by atoms with Crippen molar-refractivity contribution in [3.63, 3.8) is 0 Å². The number of aromatic amines is 2. The molecule has 2 aromatic rings. The zero-order valence-corrected chi connectivity index (χ0v) is 15.2. The number of alkyl halides is 6. The maximum atomic E-state index is 12.4. The van der Waals surface area contributed by atoms with Crippen LogP contribution < -0.4 is 0 Å². The maximum Gasteiger partial charge on any atom is 0.435 e. The second kappa shape index (κ2) is 7.32. The van der Waals surface area contributed by atoms with Gasteiger partial charge < -0.3 is 0 Å². The van der Waals surface area contributed by atoms with E-state index < -0.39 is 23.7 Å². The minimum atomic E-state index is -4.29. The molecule has 4 atom stereocenters. The second-order valence-corrected chi connectivity index (χ2v) is 7.76. The molecule has 0 aliphatic heterocycles. The van der Waals surface area contributed by atoms with Crippen molar-refractivity contribution in [3.8, 4) is 6.07 Å². The summed E-state index contributed by atoms with van der Waals surface area (Å²) < 4.78 is 74.3. The minimum absolute atomic E-state index is 0. The van der Waals surface area contributed by atoms with Gasteiger partial charge in [0.2, 0.25) is 0 Å². The first-order chi connectivity index (χ1) is 13.6. The van der Waals surface area contributed by atoms with E-state index in [-0.39, 0.29) is 19.3 Å². The zero-order valence-electron chi connectivity index (χ0n) is 15.2. The van der Waals surface area contributed by atoms with Gasteiger partial charge in [-0.1, -0.05) is 7.43 Å². The van der Waals surface area contributed by atoms with E-state index in [1.54, 1.807) is 6.07 Å². The molecule has 2 saturated carbocycles. The van der Waals surface area contributed by atoms with Gasteiger partial charge in [0, 0.05) is 29.4 Å². The molecule has 6 rings (SSSR count). The van der Waals surface area contributed by atoms with E-state index in [1.165, 1.54) is 6.92 Å². The molecule has 2 N–H and O–H groups in total. The number of nitriles is 1. The van der Waals surface area contributed by atoms with Crippen LogP contribution in [0.1, 0.15) is 72.9 Å². The van der Waals surface area contributed by atoms with Crippen LogP contribution in [0.25, 0.3) is 0 Å². The summed E-state index contributed by atoms with van der Waals surface area (Å²) >= 11 is 0. The highest BCUT2D eigenvalue weighted by molar-refractivity contribution is 5.42. The number of hydrogen-bond acceptors (Lipinski definition) is 3. The van der Waals surface area contributed by atoms with Gasteiger partial charge in [-0.15, -0.1) is 0 Å². The third-order valence-electron chi connectivity index (χ3n) is 5.82. The van der Waals surface area contributed by atoms with E-state index in [2.05, 4.69) is 20.4 Å². The Morgan fingerprint density at radius 1 is 0.833 bits per heavy atom. The van der Waals surface area contributed by atoms with Crippen LogP contribution in [-0.4, -0.2) is 20.4 Å². The van der Waals surface area contributed by atoms with Crippen molar-refractivity contribution in [2.75, 3.05) is 0 Å². The Morgan fingerprint density at radius 2 is 1.17 bits per heavy atom. The lowest BCUT2D eigenvalue weighted by molar-refractivity contribution is -0.142. The molecule has 2 aromatic heterocycles. The number of rotatable bonds is 0. The molecule has 5 nitrogen and oxygen atoms in total. The Hall–Kier alpha value is -2.51. The van der Waals surface area contributed by atoms with E-state index >= 15 is 0 Å². The summed E-state index contributed by atoms with van der Waals surface area (Å²) in [6, 6.07) is 1.75. The Bertz CT molecular complexity index is 891. The van der Waals surface area contributed by atoms with Crippen molar-refractivity contribution < 1.29 is 26.3 Å². The van der Waals surface area contributed by atoms with E-state index in [4.69, 9.17) is 5.26 Å². The molecule has 4 aliphatic rings. The highest BCUT2D eigenvalue weighted by Crippen LogP contribution is 2.59. The largest absolute Gasteiger partial charge is 0.435 e. The first-order valence-electron chi connectivity index (χ1n) is 9.15. The van der Waals surface area contributed by atoms with E-state index in [0.717, 1.165) is 25.7 Å². The molecule has 0 aromatic carbocycles. The first kappa shape index (κ1) is 22.2. The highest BCUT2D eigenvalue weighted by Gasteiger charge is 2.53. The Kier molecular flexibility index (Phi) is 5.41. The average Bonchev–Trinajstić information content (AvgIpc) is 3.27. The van der Waals surface area contributed by atoms with Gasteiger partial charge in [0.05, 0.1) is 6.07 Å². The fourth-order valence-corrected chi connectivity index (χ4v) is 4.49. The molecule has 11 heteroatoms. The van der Waals surface area contributed by atoms with Gasteiger partial charge in [-0.2, -0.15) is 41.8 Å². The average molecular weight is 433 g/mol. The third-order valence-corrected chi connectivity index (χ3v) is 5.82. The lowest BCUT2D eigenvalue weighted by Gasteiger charge is -2.03. The van der Waals surface area contributed by atoms with Crippen LogP contribution in [0.15, 0.2) is 0 Å². The predicted molar refractivity (Wildman–Crippen MR) is 94.3 cm³/mol. The molecular formula is C19H21F6N5. The van der Waals surface area contributed by atoms with Crippen molar-refractivity contribution in [2.24, 2.45) is 11.8 Å². The predicted octanol–water partition coefficient (Wildman–Crippen LogP) is 5.34. The van der Waals surface area contributed by atoms with E-state index in [0.29, 0.717) is 34.4 Å². The topological polar surface area (TPSA) is 81.2 Å².